The number of hydrogen-bond donors (Lipinski definition) is 2. The highest BCUT2D eigenvalue weighted by atomic mass is 79.9. The number of carbonyl (C=O) groups excluding carboxylic acids is 1. The average molecular weight is 329 g/mol. The van der Waals surface area contributed by atoms with Crippen molar-refractivity contribution >= 4 is 44.8 Å². The highest BCUT2D eigenvalue weighted by molar-refractivity contribution is 9.10. The number of carbonyl (C=O) groups is 1. The Bertz CT molecular complexity index is 584. The number of phenolic OH excluding ortho intramolecular Hbond substituents is 1. The largest absolute Gasteiger partial charge is 0.504 e. The summed E-state index contributed by atoms with van der Waals surface area (Å²) in [7, 11) is 1.45. The van der Waals surface area contributed by atoms with Crippen LogP contribution < -0.4 is 10.5 Å². The Morgan fingerprint density at radius 3 is 2.83 bits per heavy atom. The lowest BCUT2D eigenvalue weighted by Gasteiger charge is -2.07. The van der Waals surface area contributed by atoms with Crippen molar-refractivity contribution in [2.75, 3.05) is 7.11 Å². The van der Waals surface area contributed by atoms with E-state index >= 15 is 0 Å². The third-order valence-electron chi connectivity index (χ3n) is 2.21. The van der Waals surface area contributed by atoms with E-state index in [9.17, 15) is 9.90 Å². The fourth-order valence-corrected chi connectivity index (χ4v) is 2.55. The number of halogens is 1. The first kappa shape index (κ1) is 13.0. The lowest BCUT2D eigenvalue weighted by atomic mass is 10.1. The van der Waals surface area contributed by atoms with Gasteiger partial charge in [-0.2, -0.15) is 4.99 Å². The van der Waals surface area contributed by atoms with E-state index in [1.54, 1.807) is 12.1 Å². The first-order chi connectivity index (χ1) is 8.51. The molecule has 5 nitrogen and oxygen atoms in total. The SMILES string of the molecule is COc1cc(Br)cc(/C=C2\SC(N)=NC2=O)c1O. The molecular weight excluding hydrogens is 320 g/mol. The second kappa shape index (κ2) is 5.03. The molecule has 1 aliphatic rings. The number of rotatable bonds is 2. The Hall–Kier alpha value is -1.47. The third-order valence-corrected chi connectivity index (χ3v) is 3.48. The van der Waals surface area contributed by atoms with Crippen LogP contribution in [0.4, 0.5) is 0 Å². The van der Waals surface area contributed by atoms with Crippen LogP contribution in [-0.4, -0.2) is 23.3 Å². The van der Waals surface area contributed by atoms with Crippen molar-refractivity contribution in [3.05, 3.63) is 27.1 Å². The Kier molecular flexibility index (Phi) is 3.63. The number of amidine groups is 1. The van der Waals surface area contributed by atoms with Gasteiger partial charge in [0, 0.05) is 10.0 Å². The third kappa shape index (κ3) is 2.51. The van der Waals surface area contributed by atoms with Crippen LogP contribution in [0.25, 0.3) is 6.08 Å². The van der Waals surface area contributed by atoms with E-state index < -0.39 is 5.91 Å². The van der Waals surface area contributed by atoms with Gasteiger partial charge in [0.05, 0.1) is 12.0 Å². The van der Waals surface area contributed by atoms with E-state index in [4.69, 9.17) is 10.5 Å². The predicted molar refractivity (Wildman–Crippen MR) is 74.6 cm³/mol. The molecule has 7 heteroatoms. The maximum Gasteiger partial charge on any atom is 0.286 e. The Labute approximate surface area is 116 Å². The first-order valence-electron chi connectivity index (χ1n) is 4.86. The predicted octanol–water partition coefficient (Wildman–Crippen LogP) is 2.09. The Balaban J connectivity index is 2.44. The van der Waals surface area contributed by atoms with Crippen LogP contribution in [0, 0.1) is 0 Å². The van der Waals surface area contributed by atoms with Gasteiger partial charge in [0.1, 0.15) is 0 Å². The standard InChI is InChI=1S/C11H9BrN2O3S/c1-17-7-4-6(12)2-5(9(7)15)3-8-10(16)14-11(13)18-8/h2-4,15H,1H3,(H2,13,14,16)/b8-3-. The number of ether oxygens (including phenoxy) is 1. The van der Waals surface area contributed by atoms with Gasteiger partial charge in [-0.1, -0.05) is 15.9 Å². The number of methoxy groups -OCH3 is 1. The molecule has 1 amide bonds. The van der Waals surface area contributed by atoms with Crippen molar-refractivity contribution < 1.29 is 14.6 Å². The normalized spacial score (nSPS) is 17.1. The smallest absolute Gasteiger partial charge is 0.286 e. The van der Waals surface area contributed by atoms with E-state index in [0.29, 0.717) is 16.2 Å². The van der Waals surface area contributed by atoms with Gasteiger partial charge < -0.3 is 15.6 Å². The summed E-state index contributed by atoms with van der Waals surface area (Å²) in [6.07, 6.45) is 1.53. The minimum absolute atomic E-state index is 0.0351. The summed E-state index contributed by atoms with van der Waals surface area (Å²) in [6, 6.07) is 3.30. The Morgan fingerprint density at radius 1 is 1.56 bits per heavy atom. The van der Waals surface area contributed by atoms with Crippen molar-refractivity contribution in [2.45, 2.75) is 0 Å². The van der Waals surface area contributed by atoms with Gasteiger partial charge in [-0.15, -0.1) is 0 Å². The number of aliphatic imine (C=N–C) groups is 1. The molecule has 3 N–H and O–H groups in total. The molecule has 1 aromatic carbocycles. The molecule has 2 rings (SSSR count). The monoisotopic (exact) mass is 328 g/mol. The lowest BCUT2D eigenvalue weighted by Crippen LogP contribution is -2.01. The van der Waals surface area contributed by atoms with E-state index in [-0.39, 0.29) is 10.9 Å². The number of amides is 1. The van der Waals surface area contributed by atoms with E-state index in [0.717, 1.165) is 16.2 Å². The summed E-state index contributed by atoms with van der Waals surface area (Å²) in [5.41, 5.74) is 5.91. The van der Waals surface area contributed by atoms with E-state index in [2.05, 4.69) is 20.9 Å². The summed E-state index contributed by atoms with van der Waals surface area (Å²) >= 11 is 4.37. The van der Waals surface area contributed by atoms with Crippen molar-refractivity contribution in [1.82, 2.24) is 0 Å². The van der Waals surface area contributed by atoms with Crippen LogP contribution in [0.3, 0.4) is 0 Å². The minimum atomic E-state index is -0.407. The number of hydrogen-bond acceptors (Lipinski definition) is 5. The molecular formula is C11H9BrN2O3S. The van der Waals surface area contributed by atoms with E-state index in [1.807, 2.05) is 0 Å². The second-order valence-corrected chi connectivity index (χ2v) is 5.39. The summed E-state index contributed by atoms with van der Waals surface area (Å²) in [6.45, 7) is 0. The second-order valence-electron chi connectivity index (χ2n) is 3.41. The molecule has 0 unspecified atom stereocenters. The van der Waals surface area contributed by atoms with Gasteiger partial charge in [-0.05, 0) is 30.0 Å². The molecule has 0 spiro atoms. The number of nitrogens with two attached hydrogens (primary N) is 1. The zero-order chi connectivity index (χ0) is 13.3. The molecule has 94 valence electrons. The van der Waals surface area contributed by atoms with Crippen LogP contribution in [0.15, 0.2) is 26.5 Å². The molecule has 0 fully saturated rings. The molecule has 0 saturated carbocycles. The molecule has 0 radical (unpaired) electrons. The average Bonchev–Trinajstić information content (AvgIpc) is 2.62. The van der Waals surface area contributed by atoms with Crippen molar-refractivity contribution in [3.63, 3.8) is 0 Å². The first-order valence-corrected chi connectivity index (χ1v) is 6.46. The molecule has 1 aromatic rings. The van der Waals surface area contributed by atoms with Gasteiger partial charge >= 0.3 is 0 Å². The van der Waals surface area contributed by atoms with Crippen LogP contribution in [0.2, 0.25) is 0 Å². The van der Waals surface area contributed by atoms with Gasteiger partial charge in [0.25, 0.3) is 5.91 Å². The maximum absolute atomic E-state index is 11.5. The van der Waals surface area contributed by atoms with Gasteiger partial charge in [-0.3, -0.25) is 4.79 Å². The minimum Gasteiger partial charge on any atom is -0.504 e. The highest BCUT2D eigenvalue weighted by Crippen LogP contribution is 2.36. The summed E-state index contributed by atoms with van der Waals surface area (Å²) in [5, 5.41) is 10.1. The number of thioether (sulfide) groups is 1. The molecule has 0 aliphatic carbocycles. The lowest BCUT2D eigenvalue weighted by molar-refractivity contribution is -0.113. The fraction of sp³-hybridized carbons (Fsp3) is 0.0909. The topological polar surface area (TPSA) is 84.9 Å². The zero-order valence-corrected chi connectivity index (χ0v) is 11.7. The van der Waals surface area contributed by atoms with Gasteiger partial charge in [0.2, 0.25) is 0 Å². The van der Waals surface area contributed by atoms with Crippen LogP contribution >= 0.6 is 27.7 Å². The van der Waals surface area contributed by atoms with Crippen molar-refractivity contribution in [2.24, 2.45) is 10.7 Å². The van der Waals surface area contributed by atoms with Gasteiger partial charge in [-0.25, -0.2) is 0 Å². The van der Waals surface area contributed by atoms with Crippen LogP contribution in [0.1, 0.15) is 5.56 Å². The van der Waals surface area contributed by atoms with Crippen LogP contribution in [0.5, 0.6) is 11.5 Å². The molecule has 0 aromatic heterocycles. The highest BCUT2D eigenvalue weighted by Gasteiger charge is 2.20. The molecule has 0 atom stereocenters. The zero-order valence-electron chi connectivity index (χ0n) is 9.31. The maximum atomic E-state index is 11.5. The molecule has 18 heavy (non-hydrogen) atoms. The summed E-state index contributed by atoms with van der Waals surface area (Å²) < 4.78 is 5.75. The molecule has 1 heterocycles. The van der Waals surface area contributed by atoms with Crippen molar-refractivity contribution in [1.29, 1.82) is 0 Å². The van der Waals surface area contributed by atoms with Crippen LogP contribution in [-0.2, 0) is 4.79 Å². The fourth-order valence-electron chi connectivity index (χ4n) is 1.43. The molecule has 1 aliphatic heterocycles. The number of phenols is 1. The summed E-state index contributed by atoms with van der Waals surface area (Å²) in [5.74, 6) is -0.122. The van der Waals surface area contributed by atoms with E-state index in [1.165, 1.54) is 13.2 Å². The quantitative estimate of drug-likeness (QED) is 0.812. The summed E-state index contributed by atoms with van der Waals surface area (Å²) in [4.78, 5) is 15.4. The Morgan fingerprint density at radius 2 is 2.28 bits per heavy atom. The molecule has 0 bridgehead atoms. The molecule has 0 saturated heterocycles. The van der Waals surface area contributed by atoms with Gasteiger partial charge in [0.15, 0.2) is 16.7 Å². The number of aromatic hydroxyl groups is 1. The van der Waals surface area contributed by atoms with Crippen molar-refractivity contribution in [3.8, 4) is 11.5 Å². The number of benzene rings is 1. The number of nitrogens with zero attached hydrogens (tertiary/aromatic N) is 1.